The molecule has 0 atom stereocenters. The molecule has 0 aromatic rings. The van der Waals surface area contributed by atoms with Crippen LogP contribution in [0.3, 0.4) is 0 Å². The topological polar surface area (TPSA) is 12.0 Å². The molecule has 0 radical (unpaired) electrons. The average molecular weight is 169 g/mol. The normalized spacial score (nSPS) is 20.0. The molecular weight excluding hydrogens is 146 g/mol. The molecule has 0 spiro atoms. The summed E-state index contributed by atoms with van der Waals surface area (Å²) in [5.74, 6) is 0.871. The first-order chi connectivity index (χ1) is 5.68. The highest BCUT2D eigenvalue weighted by molar-refractivity contribution is 4.95. The molecule has 1 rings (SSSR count). The molecule has 1 heteroatoms. The predicted molar refractivity (Wildman–Crippen MR) is 54.3 cm³/mol. The highest BCUT2D eigenvalue weighted by Gasteiger charge is 2.41. The Morgan fingerprint density at radius 2 is 2.00 bits per heavy atom. The summed E-state index contributed by atoms with van der Waals surface area (Å²) < 4.78 is 0. The van der Waals surface area contributed by atoms with Crippen molar-refractivity contribution in [3.05, 3.63) is 0 Å². The number of rotatable bonds is 6. The van der Waals surface area contributed by atoms with Crippen LogP contribution in [-0.4, -0.2) is 13.1 Å². The fourth-order valence-electron chi connectivity index (χ4n) is 2.03. The Labute approximate surface area is 76.9 Å². The van der Waals surface area contributed by atoms with Gasteiger partial charge >= 0.3 is 0 Å². The van der Waals surface area contributed by atoms with Crippen LogP contribution in [0, 0.1) is 11.3 Å². The van der Waals surface area contributed by atoms with Crippen molar-refractivity contribution in [3.8, 4) is 0 Å². The molecule has 1 N–H and O–H groups in total. The van der Waals surface area contributed by atoms with Crippen molar-refractivity contribution in [1.82, 2.24) is 5.32 Å². The molecule has 1 aliphatic rings. The second-order valence-corrected chi connectivity index (χ2v) is 4.77. The predicted octanol–water partition coefficient (Wildman–Crippen LogP) is 2.81. The van der Waals surface area contributed by atoms with Crippen LogP contribution in [-0.2, 0) is 0 Å². The van der Waals surface area contributed by atoms with E-state index in [1.165, 1.54) is 38.8 Å². The van der Waals surface area contributed by atoms with Crippen molar-refractivity contribution < 1.29 is 0 Å². The van der Waals surface area contributed by atoms with E-state index in [0.29, 0.717) is 5.41 Å². The Bertz CT molecular complexity index is 125. The van der Waals surface area contributed by atoms with Gasteiger partial charge in [0.25, 0.3) is 0 Å². The zero-order valence-electron chi connectivity index (χ0n) is 8.82. The van der Waals surface area contributed by atoms with Crippen LogP contribution in [0.1, 0.15) is 46.5 Å². The largest absolute Gasteiger partial charge is 0.316 e. The van der Waals surface area contributed by atoms with Crippen LogP contribution < -0.4 is 5.32 Å². The van der Waals surface area contributed by atoms with Gasteiger partial charge in [-0.05, 0) is 43.6 Å². The summed E-state index contributed by atoms with van der Waals surface area (Å²) in [5.41, 5.74) is 0.712. The third-order valence-corrected chi connectivity index (χ3v) is 2.73. The maximum Gasteiger partial charge on any atom is 0.000791 e. The lowest BCUT2D eigenvalue weighted by Crippen LogP contribution is -2.25. The van der Waals surface area contributed by atoms with Gasteiger partial charge in [-0.15, -0.1) is 0 Å². The molecule has 0 aliphatic heterocycles. The van der Waals surface area contributed by atoms with Crippen LogP contribution in [0.5, 0.6) is 0 Å². The molecule has 0 heterocycles. The molecule has 1 aliphatic carbocycles. The van der Waals surface area contributed by atoms with Crippen molar-refractivity contribution in [2.75, 3.05) is 13.1 Å². The van der Waals surface area contributed by atoms with Gasteiger partial charge in [0.15, 0.2) is 0 Å². The van der Waals surface area contributed by atoms with Crippen molar-refractivity contribution in [2.24, 2.45) is 11.3 Å². The summed E-state index contributed by atoms with van der Waals surface area (Å²) in [4.78, 5) is 0. The smallest absolute Gasteiger partial charge is 0.000791 e. The first kappa shape index (κ1) is 10.0. The molecule has 0 aromatic carbocycles. The van der Waals surface area contributed by atoms with E-state index in [-0.39, 0.29) is 0 Å². The molecule has 1 saturated carbocycles. The van der Waals surface area contributed by atoms with Crippen LogP contribution in [0.25, 0.3) is 0 Å². The molecule has 12 heavy (non-hydrogen) atoms. The van der Waals surface area contributed by atoms with Crippen LogP contribution in [0.4, 0.5) is 0 Å². The maximum atomic E-state index is 3.54. The van der Waals surface area contributed by atoms with Gasteiger partial charge in [0.1, 0.15) is 0 Å². The third-order valence-electron chi connectivity index (χ3n) is 2.73. The first-order valence-corrected chi connectivity index (χ1v) is 5.39. The Morgan fingerprint density at radius 3 is 2.42 bits per heavy atom. The lowest BCUT2D eigenvalue weighted by molar-refractivity contribution is 0.367. The second-order valence-electron chi connectivity index (χ2n) is 4.77. The molecule has 0 saturated heterocycles. The number of hydrogen-bond donors (Lipinski definition) is 1. The standard InChI is InChI=1S/C11H23N/c1-4-7-12-9-11(5-6-11)8-10(2)3/h10,12H,4-9H2,1-3H3. The van der Waals surface area contributed by atoms with Gasteiger partial charge in [0, 0.05) is 6.54 Å². The van der Waals surface area contributed by atoms with Crippen molar-refractivity contribution in [1.29, 1.82) is 0 Å². The minimum Gasteiger partial charge on any atom is -0.316 e. The van der Waals surface area contributed by atoms with E-state index >= 15 is 0 Å². The monoisotopic (exact) mass is 169 g/mol. The van der Waals surface area contributed by atoms with E-state index in [2.05, 4.69) is 26.1 Å². The van der Waals surface area contributed by atoms with Gasteiger partial charge < -0.3 is 5.32 Å². The van der Waals surface area contributed by atoms with Gasteiger partial charge in [-0.25, -0.2) is 0 Å². The maximum absolute atomic E-state index is 3.54. The third kappa shape index (κ3) is 3.14. The molecule has 0 unspecified atom stereocenters. The van der Waals surface area contributed by atoms with Gasteiger partial charge in [0.05, 0.1) is 0 Å². The van der Waals surface area contributed by atoms with Crippen LogP contribution >= 0.6 is 0 Å². The summed E-state index contributed by atoms with van der Waals surface area (Å²) in [6.45, 7) is 9.35. The Kier molecular flexibility index (Phi) is 3.57. The number of hydrogen-bond acceptors (Lipinski definition) is 1. The zero-order chi connectivity index (χ0) is 9.03. The van der Waals surface area contributed by atoms with E-state index in [1.807, 2.05) is 0 Å². The van der Waals surface area contributed by atoms with Gasteiger partial charge in [0.2, 0.25) is 0 Å². The Hall–Kier alpha value is -0.0400. The quantitative estimate of drug-likeness (QED) is 0.603. The lowest BCUT2D eigenvalue weighted by atomic mass is 9.94. The van der Waals surface area contributed by atoms with Gasteiger partial charge in [-0.2, -0.15) is 0 Å². The molecule has 1 fully saturated rings. The number of nitrogens with one attached hydrogen (secondary N) is 1. The van der Waals surface area contributed by atoms with E-state index in [4.69, 9.17) is 0 Å². The zero-order valence-corrected chi connectivity index (χ0v) is 8.82. The Balaban J connectivity index is 2.12. The molecule has 72 valence electrons. The van der Waals surface area contributed by atoms with Crippen LogP contribution in [0.2, 0.25) is 0 Å². The van der Waals surface area contributed by atoms with Crippen molar-refractivity contribution >= 4 is 0 Å². The second kappa shape index (κ2) is 4.27. The molecule has 0 aromatic heterocycles. The summed E-state index contributed by atoms with van der Waals surface area (Å²) >= 11 is 0. The Morgan fingerprint density at radius 1 is 1.33 bits per heavy atom. The minimum absolute atomic E-state index is 0.712. The molecule has 0 amide bonds. The minimum atomic E-state index is 0.712. The fourth-order valence-corrected chi connectivity index (χ4v) is 2.03. The lowest BCUT2D eigenvalue weighted by Gasteiger charge is -2.17. The van der Waals surface area contributed by atoms with Crippen molar-refractivity contribution in [2.45, 2.75) is 46.5 Å². The van der Waals surface area contributed by atoms with E-state index in [1.54, 1.807) is 0 Å². The highest BCUT2D eigenvalue weighted by atomic mass is 14.9. The average Bonchev–Trinajstić information content (AvgIpc) is 2.69. The fraction of sp³-hybridized carbons (Fsp3) is 1.00. The first-order valence-electron chi connectivity index (χ1n) is 5.39. The van der Waals surface area contributed by atoms with Crippen molar-refractivity contribution in [3.63, 3.8) is 0 Å². The van der Waals surface area contributed by atoms with E-state index in [9.17, 15) is 0 Å². The van der Waals surface area contributed by atoms with Gasteiger partial charge in [-0.3, -0.25) is 0 Å². The highest BCUT2D eigenvalue weighted by Crippen LogP contribution is 2.49. The van der Waals surface area contributed by atoms with E-state index in [0.717, 1.165) is 5.92 Å². The molecular formula is C11H23N. The van der Waals surface area contributed by atoms with Gasteiger partial charge in [-0.1, -0.05) is 20.8 Å². The summed E-state index contributed by atoms with van der Waals surface area (Å²) in [6, 6.07) is 0. The summed E-state index contributed by atoms with van der Waals surface area (Å²) in [5, 5.41) is 3.54. The summed E-state index contributed by atoms with van der Waals surface area (Å²) in [7, 11) is 0. The summed E-state index contributed by atoms with van der Waals surface area (Å²) in [6.07, 6.45) is 5.60. The molecule has 1 nitrogen and oxygen atoms in total. The molecule has 0 bridgehead atoms. The SMILES string of the molecule is CCCNCC1(CC(C)C)CC1. The van der Waals surface area contributed by atoms with Crippen LogP contribution in [0.15, 0.2) is 0 Å². The van der Waals surface area contributed by atoms with E-state index < -0.39 is 0 Å².